The lowest BCUT2D eigenvalue weighted by Gasteiger charge is -2.10. The van der Waals surface area contributed by atoms with Crippen LogP contribution in [-0.2, 0) is 24.3 Å². The summed E-state index contributed by atoms with van der Waals surface area (Å²) >= 11 is 0. The van der Waals surface area contributed by atoms with Crippen molar-refractivity contribution in [2.24, 2.45) is 0 Å². The monoisotopic (exact) mass is 340 g/mol. The van der Waals surface area contributed by atoms with Crippen LogP contribution in [0.4, 0.5) is 5.69 Å². The zero-order valence-corrected chi connectivity index (χ0v) is 14.3. The number of anilines is 1. The lowest BCUT2D eigenvalue weighted by Crippen LogP contribution is -2.22. The van der Waals surface area contributed by atoms with Gasteiger partial charge in [-0.1, -0.05) is 11.6 Å². The Bertz CT molecular complexity index is 734. The molecule has 0 spiro atoms. The van der Waals surface area contributed by atoms with Gasteiger partial charge in [0, 0.05) is 11.8 Å². The fourth-order valence-corrected chi connectivity index (χ4v) is 2.68. The van der Waals surface area contributed by atoms with Crippen molar-refractivity contribution in [1.29, 1.82) is 0 Å². The predicted octanol–water partition coefficient (Wildman–Crippen LogP) is 1.35. The van der Waals surface area contributed by atoms with Gasteiger partial charge in [0.15, 0.2) is 6.61 Å². The van der Waals surface area contributed by atoms with Crippen LogP contribution in [0.5, 0.6) is 0 Å². The highest BCUT2D eigenvalue weighted by molar-refractivity contribution is 7.89. The molecule has 23 heavy (non-hydrogen) atoms. The van der Waals surface area contributed by atoms with E-state index in [0.717, 1.165) is 5.57 Å². The van der Waals surface area contributed by atoms with Gasteiger partial charge in [-0.25, -0.2) is 17.9 Å². The van der Waals surface area contributed by atoms with E-state index in [2.05, 4.69) is 10.0 Å². The number of aryl methyl sites for hydroxylation is 1. The van der Waals surface area contributed by atoms with Gasteiger partial charge in [-0.05, 0) is 45.5 Å². The minimum atomic E-state index is -3.62. The van der Waals surface area contributed by atoms with Gasteiger partial charge in [0.2, 0.25) is 10.0 Å². The van der Waals surface area contributed by atoms with Crippen LogP contribution in [0.15, 0.2) is 34.7 Å². The van der Waals surface area contributed by atoms with Crippen LogP contribution in [0.2, 0.25) is 0 Å². The molecule has 1 amide bonds. The van der Waals surface area contributed by atoms with Crippen molar-refractivity contribution >= 4 is 27.6 Å². The number of carbonyl (C=O) groups excluding carboxylic acids is 2. The lowest BCUT2D eigenvalue weighted by molar-refractivity contribution is -0.142. The maximum Gasteiger partial charge on any atom is 0.331 e. The summed E-state index contributed by atoms with van der Waals surface area (Å²) in [5, 5.41) is 2.49. The Balaban J connectivity index is 2.78. The standard InChI is InChI=1S/C15H20N2O5S/c1-10(2)7-15(19)22-9-14(18)17-12-6-5-11(3)13(8-12)23(20,21)16-4/h5-8,16H,9H2,1-4H3,(H,17,18). The molecule has 0 atom stereocenters. The average Bonchev–Trinajstić information content (AvgIpc) is 2.46. The Morgan fingerprint density at radius 2 is 1.91 bits per heavy atom. The van der Waals surface area contributed by atoms with Gasteiger partial charge in [-0.3, -0.25) is 4.79 Å². The molecule has 0 saturated carbocycles. The molecule has 1 aromatic carbocycles. The van der Waals surface area contributed by atoms with E-state index in [0.29, 0.717) is 11.3 Å². The van der Waals surface area contributed by atoms with Gasteiger partial charge in [0.05, 0.1) is 4.90 Å². The SMILES string of the molecule is CNS(=O)(=O)c1cc(NC(=O)COC(=O)C=C(C)C)ccc1C. The van der Waals surface area contributed by atoms with Crippen molar-refractivity contribution in [3.63, 3.8) is 0 Å². The fraction of sp³-hybridized carbons (Fsp3) is 0.333. The summed E-state index contributed by atoms with van der Waals surface area (Å²) < 4.78 is 30.7. The maximum absolute atomic E-state index is 11.9. The molecule has 8 heteroatoms. The third-order valence-corrected chi connectivity index (χ3v) is 4.34. The van der Waals surface area contributed by atoms with Crippen molar-refractivity contribution in [3.8, 4) is 0 Å². The number of amides is 1. The van der Waals surface area contributed by atoms with Crippen LogP contribution in [0.25, 0.3) is 0 Å². The predicted molar refractivity (Wildman–Crippen MR) is 86.4 cm³/mol. The Morgan fingerprint density at radius 1 is 1.26 bits per heavy atom. The van der Waals surface area contributed by atoms with Gasteiger partial charge in [0.1, 0.15) is 0 Å². The number of esters is 1. The molecule has 0 aliphatic heterocycles. The minimum Gasteiger partial charge on any atom is -0.452 e. The highest BCUT2D eigenvalue weighted by Gasteiger charge is 2.16. The molecule has 2 N–H and O–H groups in total. The second-order valence-corrected chi connectivity index (χ2v) is 6.92. The summed E-state index contributed by atoms with van der Waals surface area (Å²) in [4.78, 5) is 23.1. The molecular formula is C15H20N2O5S. The van der Waals surface area contributed by atoms with E-state index in [1.165, 1.54) is 19.2 Å². The van der Waals surface area contributed by atoms with E-state index in [1.807, 2.05) is 0 Å². The summed E-state index contributed by atoms with van der Waals surface area (Å²) in [7, 11) is -2.31. The summed E-state index contributed by atoms with van der Waals surface area (Å²) in [6.07, 6.45) is 1.27. The number of rotatable bonds is 6. The number of hydrogen-bond donors (Lipinski definition) is 2. The largest absolute Gasteiger partial charge is 0.452 e. The number of benzene rings is 1. The normalized spacial score (nSPS) is 10.8. The number of nitrogens with one attached hydrogen (secondary N) is 2. The molecule has 0 bridgehead atoms. The quantitative estimate of drug-likeness (QED) is 0.601. The van der Waals surface area contributed by atoms with E-state index in [4.69, 9.17) is 4.74 Å². The second-order valence-electron chi connectivity index (χ2n) is 5.07. The molecular weight excluding hydrogens is 320 g/mol. The molecule has 7 nitrogen and oxygen atoms in total. The third kappa shape index (κ3) is 5.84. The zero-order chi connectivity index (χ0) is 17.6. The van der Waals surface area contributed by atoms with Gasteiger partial charge in [-0.2, -0.15) is 0 Å². The third-order valence-electron chi connectivity index (χ3n) is 2.78. The molecule has 1 aromatic rings. The molecule has 0 aromatic heterocycles. The highest BCUT2D eigenvalue weighted by Crippen LogP contribution is 2.19. The van der Waals surface area contributed by atoms with Crippen molar-refractivity contribution in [3.05, 3.63) is 35.4 Å². The molecule has 0 unspecified atom stereocenters. The first-order valence-corrected chi connectivity index (χ1v) is 8.29. The van der Waals surface area contributed by atoms with E-state index in [1.54, 1.807) is 32.9 Å². The van der Waals surface area contributed by atoms with Gasteiger partial charge in [-0.15, -0.1) is 0 Å². The second kappa shape index (κ2) is 7.89. The summed E-state index contributed by atoms with van der Waals surface area (Å²) in [6, 6.07) is 4.49. The van der Waals surface area contributed by atoms with Gasteiger partial charge in [0.25, 0.3) is 5.91 Å². The molecule has 0 saturated heterocycles. The Morgan fingerprint density at radius 3 is 2.48 bits per heavy atom. The topological polar surface area (TPSA) is 102 Å². The van der Waals surface area contributed by atoms with Gasteiger partial charge < -0.3 is 10.1 Å². The van der Waals surface area contributed by atoms with Crippen LogP contribution >= 0.6 is 0 Å². The van der Waals surface area contributed by atoms with Gasteiger partial charge >= 0.3 is 5.97 Å². The Labute approximate surface area is 135 Å². The Hall–Kier alpha value is -2.19. The van der Waals surface area contributed by atoms with Crippen LogP contribution < -0.4 is 10.0 Å². The minimum absolute atomic E-state index is 0.0688. The molecule has 0 aliphatic rings. The van der Waals surface area contributed by atoms with Crippen LogP contribution in [0.3, 0.4) is 0 Å². The molecule has 0 fully saturated rings. The van der Waals surface area contributed by atoms with Crippen LogP contribution in [-0.4, -0.2) is 33.9 Å². The Kier molecular flexibility index (Phi) is 6.47. The van der Waals surface area contributed by atoms with E-state index in [9.17, 15) is 18.0 Å². The summed E-state index contributed by atoms with van der Waals surface area (Å²) in [5.41, 5.74) is 1.61. The van der Waals surface area contributed by atoms with Crippen molar-refractivity contribution in [1.82, 2.24) is 4.72 Å². The first-order chi connectivity index (χ1) is 10.7. The van der Waals surface area contributed by atoms with E-state index < -0.39 is 28.5 Å². The molecule has 1 rings (SSSR count). The zero-order valence-electron chi connectivity index (χ0n) is 13.5. The average molecular weight is 340 g/mol. The number of hydrogen-bond acceptors (Lipinski definition) is 5. The number of sulfonamides is 1. The fourth-order valence-electron chi connectivity index (χ4n) is 1.69. The lowest BCUT2D eigenvalue weighted by atomic mass is 10.2. The highest BCUT2D eigenvalue weighted by atomic mass is 32.2. The molecule has 0 radical (unpaired) electrons. The maximum atomic E-state index is 11.9. The van der Waals surface area contributed by atoms with Crippen LogP contribution in [0, 0.1) is 6.92 Å². The molecule has 0 aliphatic carbocycles. The summed E-state index contributed by atoms with van der Waals surface area (Å²) in [5.74, 6) is -1.17. The van der Waals surface area contributed by atoms with E-state index >= 15 is 0 Å². The number of ether oxygens (including phenoxy) is 1. The molecule has 126 valence electrons. The van der Waals surface area contributed by atoms with Crippen LogP contribution in [0.1, 0.15) is 19.4 Å². The first kappa shape index (κ1) is 18.9. The number of carbonyl (C=O) groups is 2. The van der Waals surface area contributed by atoms with Crippen molar-refractivity contribution in [2.75, 3.05) is 19.0 Å². The van der Waals surface area contributed by atoms with E-state index in [-0.39, 0.29) is 4.90 Å². The summed E-state index contributed by atoms with van der Waals surface area (Å²) in [6.45, 7) is 4.66. The first-order valence-electron chi connectivity index (χ1n) is 6.81. The number of allylic oxidation sites excluding steroid dienone is 1. The van der Waals surface area contributed by atoms with Crippen molar-refractivity contribution in [2.45, 2.75) is 25.7 Å². The molecule has 0 heterocycles. The smallest absolute Gasteiger partial charge is 0.331 e. The van der Waals surface area contributed by atoms with Crippen molar-refractivity contribution < 1.29 is 22.7 Å².